The molecule has 1 aromatic carbocycles. The molecular formula is C15H21NO3. The molecule has 0 saturated carbocycles. The van der Waals surface area contributed by atoms with E-state index in [0.29, 0.717) is 6.42 Å². The molecular weight excluding hydrogens is 242 g/mol. The van der Waals surface area contributed by atoms with Gasteiger partial charge in [-0.3, -0.25) is 9.59 Å². The van der Waals surface area contributed by atoms with E-state index in [2.05, 4.69) is 0 Å². The molecule has 0 aromatic heterocycles. The van der Waals surface area contributed by atoms with Gasteiger partial charge in [-0.25, -0.2) is 0 Å². The van der Waals surface area contributed by atoms with Crippen LogP contribution < -0.4 is 0 Å². The molecule has 1 aromatic rings. The smallest absolute Gasteiger partial charge is 0.323 e. The Morgan fingerprint density at radius 3 is 2.26 bits per heavy atom. The highest BCUT2D eigenvalue weighted by atomic mass is 16.4. The lowest BCUT2D eigenvalue weighted by atomic mass is 9.88. The third kappa shape index (κ3) is 4.73. The quantitative estimate of drug-likeness (QED) is 0.854. The van der Waals surface area contributed by atoms with Gasteiger partial charge in [0.25, 0.3) is 0 Å². The van der Waals surface area contributed by atoms with Crippen LogP contribution in [0.4, 0.5) is 0 Å². The lowest BCUT2D eigenvalue weighted by molar-refractivity contribution is -0.145. The first-order chi connectivity index (χ1) is 8.91. The van der Waals surface area contributed by atoms with Gasteiger partial charge in [0.05, 0.1) is 0 Å². The zero-order valence-electron chi connectivity index (χ0n) is 11.7. The summed E-state index contributed by atoms with van der Waals surface area (Å²) in [5, 5.41) is 8.75. The molecule has 1 atom stereocenters. The van der Waals surface area contributed by atoms with Gasteiger partial charge in [0.2, 0.25) is 5.91 Å². The first kappa shape index (κ1) is 15.2. The molecule has 0 heterocycles. The summed E-state index contributed by atoms with van der Waals surface area (Å²) >= 11 is 0. The molecule has 1 rings (SSSR count). The Morgan fingerprint density at radius 1 is 1.21 bits per heavy atom. The van der Waals surface area contributed by atoms with Gasteiger partial charge in [0, 0.05) is 13.0 Å². The molecule has 104 valence electrons. The first-order valence-corrected chi connectivity index (χ1v) is 6.42. The average molecular weight is 263 g/mol. The van der Waals surface area contributed by atoms with Gasteiger partial charge in [-0.2, -0.15) is 0 Å². The fraction of sp³-hybridized carbons (Fsp3) is 0.467. The molecule has 0 saturated heterocycles. The van der Waals surface area contributed by atoms with Gasteiger partial charge in [0.15, 0.2) is 0 Å². The Hall–Kier alpha value is -1.84. The van der Waals surface area contributed by atoms with Crippen molar-refractivity contribution in [1.29, 1.82) is 0 Å². The molecule has 4 heteroatoms. The Morgan fingerprint density at radius 2 is 1.79 bits per heavy atom. The summed E-state index contributed by atoms with van der Waals surface area (Å²) in [5.41, 5.74) is 1.10. The second-order valence-corrected chi connectivity index (χ2v) is 5.13. The first-order valence-electron chi connectivity index (χ1n) is 6.42. The zero-order chi connectivity index (χ0) is 14.4. The second-order valence-electron chi connectivity index (χ2n) is 5.13. The third-order valence-electron chi connectivity index (χ3n) is 3.17. The predicted octanol–water partition coefficient (Wildman–Crippen LogP) is 2.04. The van der Waals surface area contributed by atoms with E-state index >= 15 is 0 Å². The van der Waals surface area contributed by atoms with E-state index in [-0.39, 0.29) is 24.3 Å². The molecule has 0 aliphatic carbocycles. The van der Waals surface area contributed by atoms with Crippen LogP contribution in [0.15, 0.2) is 30.3 Å². The molecule has 1 N–H and O–H groups in total. The van der Waals surface area contributed by atoms with Crippen LogP contribution in [0, 0.1) is 11.8 Å². The number of rotatable bonds is 6. The molecule has 1 unspecified atom stereocenters. The number of likely N-dealkylation sites (N-methyl/N-ethyl adjacent to an activating group) is 1. The van der Waals surface area contributed by atoms with Crippen molar-refractivity contribution in [3.63, 3.8) is 0 Å². The maximum Gasteiger partial charge on any atom is 0.323 e. The van der Waals surface area contributed by atoms with Crippen molar-refractivity contribution in [2.75, 3.05) is 13.6 Å². The topological polar surface area (TPSA) is 57.6 Å². The predicted molar refractivity (Wildman–Crippen MR) is 73.7 cm³/mol. The van der Waals surface area contributed by atoms with Crippen LogP contribution in [0.2, 0.25) is 0 Å². The summed E-state index contributed by atoms with van der Waals surface area (Å²) in [7, 11) is 1.54. The van der Waals surface area contributed by atoms with E-state index < -0.39 is 5.97 Å². The van der Waals surface area contributed by atoms with Crippen LogP contribution in [0.25, 0.3) is 0 Å². The van der Waals surface area contributed by atoms with Crippen LogP contribution in [0.3, 0.4) is 0 Å². The zero-order valence-corrected chi connectivity index (χ0v) is 11.7. The number of benzene rings is 1. The van der Waals surface area contributed by atoms with Crippen LogP contribution in [-0.4, -0.2) is 35.5 Å². The van der Waals surface area contributed by atoms with Gasteiger partial charge < -0.3 is 10.0 Å². The van der Waals surface area contributed by atoms with E-state index in [0.717, 1.165) is 5.56 Å². The molecule has 0 radical (unpaired) electrons. The molecule has 19 heavy (non-hydrogen) atoms. The number of carboxylic acids is 1. The Kier molecular flexibility index (Phi) is 5.55. The van der Waals surface area contributed by atoms with Crippen LogP contribution in [0.1, 0.15) is 19.4 Å². The Labute approximate surface area is 114 Å². The monoisotopic (exact) mass is 263 g/mol. The number of carboxylic acid groups (broad SMARTS) is 1. The number of amides is 1. The van der Waals surface area contributed by atoms with Crippen molar-refractivity contribution in [2.24, 2.45) is 11.8 Å². The highest BCUT2D eigenvalue weighted by Gasteiger charge is 2.26. The van der Waals surface area contributed by atoms with E-state index in [1.165, 1.54) is 11.9 Å². The summed E-state index contributed by atoms with van der Waals surface area (Å²) in [6, 6.07) is 9.79. The number of nitrogens with zero attached hydrogens (tertiary/aromatic N) is 1. The maximum absolute atomic E-state index is 12.3. The highest BCUT2D eigenvalue weighted by molar-refractivity contribution is 5.83. The van der Waals surface area contributed by atoms with Crippen molar-refractivity contribution < 1.29 is 14.7 Å². The molecule has 0 bridgehead atoms. The number of carbonyl (C=O) groups is 2. The minimum absolute atomic E-state index is 0.110. The molecule has 0 spiro atoms. The summed E-state index contributed by atoms with van der Waals surface area (Å²) in [6.07, 6.45) is 0.640. The number of carbonyl (C=O) groups excluding carboxylic acids is 1. The van der Waals surface area contributed by atoms with Crippen LogP contribution in [0.5, 0.6) is 0 Å². The van der Waals surface area contributed by atoms with E-state index in [1.807, 2.05) is 44.2 Å². The molecule has 0 aliphatic heterocycles. The Balaban J connectivity index is 2.77. The normalized spacial score (nSPS) is 12.2. The second kappa shape index (κ2) is 6.92. The number of hydrogen-bond donors (Lipinski definition) is 1. The number of aliphatic carboxylic acids is 1. The van der Waals surface area contributed by atoms with Crippen molar-refractivity contribution in [1.82, 2.24) is 4.90 Å². The van der Waals surface area contributed by atoms with Crippen molar-refractivity contribution in [3.05, 3.63) is 35.9 Å². The summed E-state index contributed by atoms with van der Waals surface area (Å²) in [5.74, 6) is -1.12. The molecule has 4 nitrogen and oxygen atoms in total. The molecule has 0 fully saturated rings. The SMILES string of the molecule is CC(C)C(Cc1ccccc1)C(=O)N(C)CC(=O)O. The summed E-state index contributed by atoms with van der Waals surface area (Å²) in [6.45, 7) is 3.72. The minimum atomic E-state index is -0.988. The maximum atomic E-state index is 12.3. The van der Waals surface area contributed by atoms with E-state index in [1.54, 1.807) is 0 Å². The standard InChI is InChI=1S/C15H21NO3/c1-11(2)13(9-12-7-5-4-6-8-12)15(19)16(3)10-14(17)18/h4-8,11,13H,9-10H2,1-3H3,(H,17,18). The third-order valence-corrected chi connectivity index (χ3v) is 3.17. The average Bonchev–Trinajstić information content (AvgIpc) is 2.35. The van der Waals surface area contributed by atoms with Gasteiger partial charge in [-0.15, -0.1) is 0 Å². The van der Waals surface area contributed by atoms with Crippen molar-refractivity contribution >= 4 is 11.9 Å². The lowest BCUT2D eigenvalue weighted by Gasteiger charge is -2.25. The summed E-state index contributed by atoms with van der Waals surface area (Å²) in [4.78, 5) is 24.2. The lowest BCUT2D eigenvalue weighted by Crippen LogP contribution is -2.39. The van der Waals surface area contributed by atoms with Gasteiger partial charge in [-0.05, 0) is 17.9 Å². The van der Waals surface area contributed by atoms with E-state index in [4.69, 9.17) is 5.11 Å². The summed E-state index contributed by atoms with van der Waals surface area (Å²) < 4.78 is 0. The van der Waals surface area contributed by atoms with Crippen molar-refractivity contribution in [2.45, 2.75) is 20.3 Å². The minimum Gasteiger partial charge on any atom is -0.480 e. The van der Waals surface area contributed by atoms with Crippen LogP contribution in [-0.2, 0) is 16.0 Å². The molecule has 1 amide bonds. The van der Waals surface area contributed by atoms with E-state index in [9.17, 15) is 9.59 Å². The van der Waals surface area contributed by atoms with Gasteiger partial charge in [0.1, 0.15) is 6.54 Å². The fourth-order valence-corrected chi connectivity index (χ4v) is 2.04. The van der Waals surface area contributed by atoms with Gasteiger partial charge >= 0.3 is 5.97 Å². The van der Waals surface area contributed by atoms with Crippen LogP contribution >= 0.6 is 0 Å². The Bertz CT molecular complexity index is 428. The van der Waals surface area contributed by atoms with Crippen molar-refractivity contribution in [3.8, 4) is 0 Å². The number of hydrogen-bond acceptors (Lipinski definition) is 2. The highest BCUT2D eigenvalue weighted by Crippen LogP contribution is 2.19. The largest absolute Gasteiger partial charge is 0.480 e. The fourth-order valence-electron chi connectivity index (χ4n) is 2.04. The van der Waals surface area contributed by atoms with Gasteiger partial charge in [-0.1, -0.05) is 44.2 Å². The molecule has 0 aliphatic rings.